The van der Waals surface area contributed by atoms with E-state index in [-0.39, 0.29) is 6.10 Å². The van der Waals surface area contributed by atoms with Gasteiger partial charge in [-0.05, 0) is 22.9 Å². The molecule has 0 radical (unpaired) electrons. The van der Waals surface area contributed by atoms with Gasteiger partial charge in [0.2, 0.25) is 0 Å². The molecule has 1 aliphatic heterocycles. The molecule has 0 amide bonds. The molecule has 0 bridgehead atoms. The lowest BCUT2D eigenvalue weighted by Gasteiger charge is -2.25. The smallest absolute Gasteiger partial charge is 0.186 e. The zero-order valence-corrected chi connectivity index (χ0v) is 23.6. The van der Waals surface area contributed by atoms with Crippen molar-refractivity contribution in [3.8, 4) is 0 Å². The minimum absolute atomic E-state index is 0.345. The van der Waals surface area contributed by atoms with Crippen LogP contribution in [-0.2, 0) is 38.8 Å². The Balaban J connectivity index is 1.30. The molecular formula is C32H32N4O4S. The van der Waals surface area contributed by atoms with Crippen molar-refractivity contribution in [1.29, 1.82) is 0 Å². The van der Waals surface area contributed by atoms with Gasteiger partial charge < -0.3 is 18.9 Å². The monoisotopic (exact) mass is 568 g/mol. The molecule has 4 atom stereocenters. The zero-order chi connectivity index (χ0) is 27.9. The van der Waals surface area contributed by atoms with E-state index in [1.807, 2.05) is 60.9 Å². The van der Waals surface area contributed by atoms with E-state index in [4.69, 9.17) is 18.9 Å². The predicted octanol–water partition coefficient (Wildman–Crippen LogP) is 5.67. The average Bonchev–Trinajstić information content (AvgIpc) is 3.61. The van der Waals surface area contributed by atoms with Crippen LogP contribution in [-0.4, -0.2) is 50.8 Å². The van der Waals surface area contributed by atoms with Gasteiger partial charge in [0.25, 0.3) is 0 Å². The fourth-order valence-corrected chi connectivity index (χ4v) is 5.51. The third-order valence-corrected chi connectivity index (χ3v) is 7.73. The normalized spacial score (nSPS) is 20.5. The highest BCUT2D eigenvalue weighted by molar-refractivity contribution is 7.98. The number of hydrogen-bond acceptors (Lipinski definition) is 8. The Morgan fingerprint density at radius 2 is 1.34 bits per heavy atom. The van der Waals surface area contributed by atoms with Gasteiger partial charge in [0.15, 0.2) is 5.65 Å². The van der Waals surface area contributed by atoms with E-state index in [1.165, 1.54) is 11.8 Å². The Labute approximate surface area is 243 Å². The molecule has 1 fully saturated rings. The zero-order valence-electron chi connectivity index (χ0n) is 22.8. The van der Waals surface area contributed by atoms with Gasteiger partial charge in [0.05, 0.1) is 38.3 Å². The fraction of sp³-hybridized carbons (Fsp3) is 0.281. The predicted molar refractivity (Wildman–Crippen MR) is 156 cm³/mol. The molecule has 8 nitrogen and oxygen atoms in total. The van der Waals surface area contributed by atoms with E-state index in [2.05, 4.69) is 51.5 Å². The number of imidazole rings is 1. The molecule has 1 aliphatic rings. The van der Waals surface area contributed by atoms with Gasteiger partial charge in [-0.2, -0.15) is 5.10 Å². The molecule has 0 spiro atoms. The molecule has 210 valence electrons. The standard InChI is InChI=1S/C32H32N4O4S/c1-41-32-31-33-17-26(36(31)35-22-34-32)28-30(39-20-25-15-9-4-10-16-25)29(38-19-24-13-7-3-8-14-24)27(40-28)21-37-18-23-11-5-2-6-12-23/h2-17,22,27-30H,18-21H2,1H3/t27-,28+,29+,30+/m1/s1. The lowest BCUT2D eigenvalue weighted by Crippen LogP contribution is -2.38. The summed E-state index contributed by atoms with van der Waals surface area (Å²) in [7, 11) is 0. The van der Waals surface area contributed by atoms with Crippen LogP contribution < -0.4 is 0 Å². The van der Waals surface area contributed by atoms with Crippen LogP contribution in [0, 0.1) is 0 Å². The first-order valence-corrected chi connectivity index (χ1v) is 14.8. The Kier molecular flexibility index (Phi) is 8.99. The topological polar surface area (TPSA) is 80.0 Å². The number of aromatic nitrogens is 4. The van der Waals surface area contributed by atoms with Gasteiger partial charge in [0.1, 0.15) is 35.8 Å². The minimum atomic E-state index is -0.482. The number of rotatable bonds is 12. The van der Waals surface area contributed by atoms with E-state index >= 15 is 0 Å². The third-order valence-electron chi connectivity index (χ3n) is 7.06. The van der Waals surface area contributed by atoms with Crippen LogP contribution in [0.25, 0.3) is 5.65 Å². The van der Waals surface area contributed by atoms with Crippen molar-refractivity contribution in [3.63, 3.8) is 0 Å². The lowest BCUT2D eigenvalue weighted by atomic mass is 10.0. The van der Waals surface area contributed by atoms with E-state index in [0.29, 0.717) is 32.1 Å². The molecule has 41 heavy (non-hydrogen) atoms. The van der Waals surface area contributed by atoms with Gasteiger partial charge >= 0.3 is 0 Å². The van der Waals surface area contributed by atoms with Crippen molar-refractivity contribution in [3.05, 3.63) is 126 Å². The third kappa shape index (κ3) is 6.50. The highest BCUT2D eigenvalue weighted by atomic mass is 32.2. The van der Waals surface area contributed by atoms with Crippen LogP contribution in [0.3, 0.4) is 0 Å². The van der Waals surface area contributed by atoms with Crippen molar-refractivity contribution in [2.75, 3.05) is 12.9 Å². The summed E-state index contributed by atoms with van der Waals surface area (Å²) in [6, 6.07) is 30.4. The second kappa shape index (κ2) is 13.4. The number of ether oxygens (including phenoxy) is 4. The Morgan fingerprint density at radius 3 is 1.95 bits per heavy atom. The Morgan fingerprint density at radius 1 is 0.756 bits per heavy atom. The maximum Gasteiger partial charge on any atom is 0.186 e. The summed E-state index contributed by atoms with van der Waals surface area (Å²) < 4.78 is 27.9. The van der Waals surface area contributed by atoms with Gasteiger partial charge in [-0.15, -0.1) is 11.8 Å². The summed E-state index contributed by atoms with van der Waals surface area (Å²) in [6.45, 7) is 1.66. The summed E-state index contributed by atoms with van der Waals surface area (Å²) in [5.74, 6) is 0. The number of hydrogen-bond donors (Lipinski definition) is 0. The van der Waals surface area contributed by atoms with Crippen LogP contribution >= 0.6 is 11.8 Å². The molecule has 5 aromatic rings. The van der Waals surface area contributed by atoms with Crippen molar-refractivity contribution in [2.24, 2.45) is 0 Å². The molecule has 3 heterocycles. The second-order valence-electron chi connectivity index (χ2n) is 9.81. The Bertz CT molecular complexity index is 1520. The molecule has 0 saturated carbocycles. The quantitative estimate of drug-likeness (QED) is 0.178. The van der Waals surface area contributed by atoms with Crippen molar-refractivity contribution >= 4 is 17.4 Å². The average molecular weight is 569 g/mol. The largest absolute Gasteiger partial charge is 0.374 e. The molecule has 0 aliphatic carbocycles. The molecule has 9 heteroatoms. The highest BCUT2D eigenvalue weighted by Crippen LogP contribution is 2.39. The van der Waals surface area contributed by atoms with Gasteiger partial charge in [-0.3, -0.25) is 0 Å². The summed E-state index contributed by atoms with van der Waals surface area (Å²) in [6.07, 6.45) is 3.63. The van der Waals surface area contributed by atoms with Crippen LogP contribution in [0.5, 0.6) is 0 Å². The molecular weight excluding hydrogens is 536 g/mol. The number of thioether (sulfide) groups is 1. The van der Waals surface area contributed by atoms with Crippen LogP contribution in [0.15, 0.2) is 109 Å². The summed E-state index contributed by atoms with van der Waals surface area (Å²) in [5, 5.41) is 5.31. The van der Waals surface area contributed by atoms with Crippen LogP contribution in [0.2, 0.25) is 0 Å². The van der Waals surface area contributed by atoms with Gasteiger partial charge in [-0.25, -0.2) is 14.5 Å². The van der Waals surface area contributed by atoms with E-state index < -0.39 is 18.3 Å². The van der Waals surface area contributed by atoms with Crippen molar-refractivity contribution < 1.29 is 18.9 Å². The number of benzene rings is 3. The summed E-state index contributed by atoms with van der Waals surface area (Å²) in [4.78, 5) is 9.02. The molecule has 6 rings (SSSR count). The maximum atomic E-state index is 6.72. The minimum Gasteiger partial charge on any atom is -0.374 e. The van der Waals surface area contributed by atoms with Crippen molar-refractivity contribution in [2.45, 2.75) is 49.3 Å². The maximum absolute atomic E-state index is 6.72. The summed E-state index contributed by atoms with van der Waals surface area (Å²) >= 11 is 1.53. The highest BCUT2D eigenvalue weighted by Gasteiger charge is 2.48. The molecule has 3 aromatic carbocycles. The molecule has 1 saturated heterocycles. The molecule has 0 N–H and O–H groups in total. The van der Waals surface area contributed by atoms with Gasteiger partial charge in [0, 0.05) is 0 Å². The number of nitrogens with zero attached hydrogens (tertiary/aromatic N) is 4. The SMILES string of the molecule is CSc1ncnn2c([C@@H]3O[C@H](COCc4ccccc4)[C@H](OCc4ccccc4)[C@H]3OCc3ccccc3)cnc12. The fourth-order valence-electron chi connectivity index (χ4n) is 5.04. The van der Waals surface area contributed by atoms with Crippen molar-refractivity contribution in [1.82, 2.24) is 19.6 Å². The second-order valence-corrected chi connectivity index (χ2v) is 10.6. The first kappa shape index (κ1) is 27.6. The van der Waals surface area contributed by atoms with E-state index in [9.17, 15) is 0 Å². The van der Waals surface area contributed by atoms with Crippen LogP contribution in [0.1, 0.15) is 28.5 Å². The summed E-state index contributed by atoms with van der Waals surface area (Å²) in [5.41, 5.74) is 4.72. The first-order chi connectivity index (χ1) is 20.3. The number of fused-ring (bicyclic) bond motifs is 1. The first-order valence-electron chi connectivity index (χ1n) is 13.6. The Hall–Kier alpha value is -3.60. The molecule has 2 aromatic heterocycles. The molecule has 0 unspecified atom stereocenters. The van der Waals surface area contributed by atoms with Gasteiger partial charge in [-0.1, -0.05) is 91.0 Å². The van der Waals surface area contributed by atoms with E-state index in [0.717, 1.165) is 27.4 Å². The van der Waals surface area contributed by atoms with E-state index in [1.54, 1.807) is 17.0 Å². The van der Waals surface area contributed by atoms with Crippen LogP contribution in [0.4, 0.5) is 0 Å². The lowest BCUT2D eigenvalue weighted by molar-refractivity contribution is -0.0898.